The lowest BCUT2D eigenvalue weighted by Gasteiger charge is -2.06. The van der Waals surface area contributed by atoms with Crippen LogP contribution in [0.3, 0.4) is 0 Å². The van der Waals surface area contributed by atoms with Crippen LogP contribution >= 0.6 is 0 Å². The number of aliphatic imine (C=N–C) groups is 1. The molecule has 0 aliphatic heterocycles. The van der Waals surface area contributed by atoms with E-state index in [-0.39, 0.29) is 12.5 Å². The number of unbranched alkanes of at least 4 members (excludes halogenated alkanes) is 1. The highest BCUT2D eigenvalue weighted by atomic mass is 16.5. The van der Waals surface area contributed by atoms with E-state index in [1.165, 1.54) is 0 Å². The van der Waals surface area contributed by atoms with Gasteiger partial charge in [0.1, 0.15) is 12.3 Å². The number of methoxy groups -OCH3 is 1. The maximum absolute atomic E-state index is 11.6. The molecule has 0 heterocycles. The Morgan fingerprint density at radius 1 is 1.29 bits per heavy atom. The number of rotatable bonds is 8. The molecule has 0 aromatic heterocycles. The molecule has 116 valence electrons. The Balaban J connectivity index is 2.28. The second-order valence-electron chi connectivity index (χ2n) is 4.61. The Hall–Kier alpha value is -2.24. The van der Waals surface area contributed by atoms with Gasteiger partial charge in [0, 0.05) is 13.1 Å². The van der Waals surface area contributed by atoms with Gasteiger partial charge in [-0.25, -0.2) is 4.99 Å². The average Bonchev–Trinajstić information content (AvgIpc) is 2.51. The van der Waals surface area contributed by atoms with Crippen molar-refractivity contribution in [2.45, 2.75) is 26.3 Å². The topological polar surface area (TPSA) is 88.7 Å². The van der Waals surface area contributed by atoms with Gasteiger partial charge in [0.2, 0.25) is 5.91 Å². The predicted molar refractivity (Wildman–Crippen MR) is 84.2 cm³/mol. The van der Waals surface area contributed by atoms with Crippen LogP contribution in [0.1, 0.15) is 25.3 Å². The van der Waals surface area contributed by atoms with Gasteiger partial charge in [-0.2, -0.15) is 0 Å². The molecule has 0 saturated heterocycles. The Morgan fingerprint density at radius 2 is 2.00 bits per heavy atom. The minimum atomic E-state index is -0.161. The number of nitrogens with one attached hydrogen (secondary N) is 2. The number of amides is 1. The fourth-order valence-electron chi connectivity index (χ4n) is 1.61. The van der Waals surface area contributed by atoms with Crippen molar-refractivity contribution in [1.82, 2.24) is 10.6 Å². The van der Waals surface area contributed by atoms with E-state index in [4.69, 9.17) is 10.5 Å². The second-order valence-corrected chi connectivity index (χ2v) is 4.61. The van der Waals surface area contributed by atoms with Gasteiger partial charge in [0.05, 0.1) is 7.11 Å². The number of ether oxygens (including phenoxy) is 1. The summed E-state index contributed by atoms with van der Waals surface area (Å²) in [6.07, 6.45) is 2.11. The lowest BCUT2D eigenvalue weighted by Crippen LogP contribution is -2.34. The van der Waals surface area contributed by atoms with Crippen molar-refractivity contribution in [3.63, 3.8) is 0 Å². The third-order valence-electron chi connectivity index (χ3n) is 2.88. The lowest BCUT2D eigenvalue weighted by molar-refractivity contribution is -0.119. The zero-order valence-corrected chi connectivity index (χ0v) is 12.7. The highest BCUT2D eigenvalue weighted by Gasteiger charge is 2.01. The van der Waals surface area contributed by atoms with Crippen LogP contribution < -0.4 is 21.1 Å². The molecule has 0 fully saturated rings. The number of hydrogen-bond acceptors (Lipinski definition) is 3. The van der Waals surface area contributed by atoms with Gasteiger partial charge < -0.3 is 21.1 Å². The van der Waals surface area contributed by atoms with Crippen molar-refractivity contribution >= 4 is 11.9 Å². The van der Waals surface area contributed by atoms with Crippen molar-refractivity contribution in [2.75, 3.05) is 20.2 Å². The van der Waals surface area contributed by atoms with E-state index in [0.717, 1.165) is 30.7 Å². The summed E-state index contributed by atoms with van der Waals surface area (Å²) in [4.78, 5) is 15.6. The Labute approximate surface area is 125 Å². The van der Waals surface area contributed by atoms with Crippen molar-refractivity contribution < 1.29 is 9.53 Å². The number of carbonyl (C=O) groups is 1. The molecule has 0 bridgehead atoms. The van der Waals surface area contributed by atoms with Crippen molar-refractivity contribution in [1.29, 1.82) is 0 Å². The molecule has 1 aromatic rings. The molecular weight excluding hydrogens is 268 g/mol. The molecule has 0 saturated carbocycles. The van der Waals surface area contributed by atoms with Crippen LogP contribution in [0.25, 0.3) is 0 Å². The average molecular weight is 292 g/mol. The Kier molecular flexibility index (Phi) is 7.71. The second kappa shape index (κ2) is 9.63. The van der Waals surface area contributed by atoms with Gasteiger partial charge in [-0.05, 0) is 24.1 Å². The summed E-state index contributed by atoms with van der Waals surface area (Å²) in [7, 11) is 1.62. The van der Waals surface area contributed by atoms with E-state index >= 15 is 0 Å². The summed E-state index contributed by atoms with van der Waals surface area (Å²) in [5.74, 6) is 0.940. The van der Waals surface area contributed by atoms with E-state index in [1.807, 2.05) is 24.3 Å². The minimum Gasteiger partial charge on any atom is -0.497 e. The zero-order chi connectivity index (χ0) is 15.5. The smallest absolute Gasteiger partial charge is 0.242 e. The third-order valence-corrected chi connectivity index (χ3v) is 2.88. The quantitative estimate of drug-likeness (QED) is 0.379. The van der Waals surface area contributed by atoms with E-state index in [9.17, 15) is 4.79 Å². The highest BCUT2D eigenvalue weighted by Crippen LogP contribution is 2.10. The normalized spacial score (nSPS) is 11.0. The molecule has 1 aromatic carbocycles. The standard InChI is InChI=1S/C15H24N4O2/c1-3-4-9-17-15(16)19-11-14(20)18-10-12-5-7-13(21-2)8-6-12/h5-8H,3-4,9-11H2,1-2H3,(H,18,20)(H3,16,17,19). The number of hydrogen-bond donors (Lipinski definition) is 3. The molecule has 0 spiro atoms. The first kappa shape index (κ1) is 16.8. The molecule has 0 aliphatic carbocycles. The SMILES string of the molecule is CCCCNC(N)=NCC(=O)NCc1ccc(OC)cc1. The van der Waals surface area contributed by atoms with Crippen LogP contribution in [0.15, 0.2) is 29.3 Å². The first-order chi connectivity index (χ1) is 10.2. The van der Waals surface area contributed by atoms with E-state index in [1.54, 1.807) is 7.11 Å². The summed E-state index contributed by atoms with van der Waals surface area (Å²) < 4.78 is 5.07. The van der Waals surface area contributed by atoms with Crippen molar-refractivity contribution in [2.24, 2.45) is 10.7 Å². The number of guanidine groups is 1. The molecule has 0 unspecified atom stereocenters. The molecule has 4 N–H and O–H groups in total. The van der Waals surface area contributed by atoms with Gasteiger partial charge >= 0.3 is 0 Å². The first-order valence-corrected chi connectivity index (χ1v) is 7.09. The fraction of sp³-hybridized carbons (Fsp3) is 0.467. The van der Waals surface area contributed by atoms with Gasteiger partial charge in [-0.15, -0.1) is 0 Å². The molecular formula is C15H24N4O2. The molecule has 1 amide bonds. The molecule has 6 heteroatoms. The van der Waals surface area contributed by atoms with Crippen LogP contribution in [-0.4, -0.2) is 32.1 Å². The molecule has 0 atom stereocenters. The summed E-state index contributed by atoms with van der Waals surface area (Å²) in [6, 6.07) is 7.52. The van der Waals surface area contributed by atoms with E-state index in [0.29, 0.717) is 12.5 Å². The summed E-state index contributed by atoms with van der Waals surface area (Å²) in [5.41, 5.74) is 6.65. The Bertz CT molecular complexity index is 457. The Morgan fingerprint density at radius 3 is 2.62 bits per heavy atom. The number of nitrogens with two attached hydrogens (primary N) is 1. The summed E-state index contributed by atoms with van der Waals surface area (Å²) in [5, 5.41) is 5.75. The van der Waals surface area contributed by atoms with Crippen molar-refractivity contribution in [3.8, 4) is 5.75 Å². The first-order valence-electron chi connectivity index (χ1n) is 7.09. The van der Waals surface area contributed by atoms with Gasteiger partial charge in [-0.1, -0.05) is 25.5 Å². The fourth-order valence-corrected chi connectivity index (χ4v) is 1.61. The van der Waals surface area contributed by atoms with Crippen LogP contribution in [0.4, 0.5) is 0 Å². The van der Waals surface area contributed by atoms with Gasteiger partial charge in [-0.3, -0.25) is 4.79 Å². The van der Waals surface area contributed by atoms with Gasteiger partial charge in [0.25, 0.3) is 0 Å². The monoisotopic (exact) mass is 292 g/mol. The van der Waals surface area contributed by atoms with E-state index < -0.39 is 0 Å². The van der Waals surface area contributed by atoms with Crippen LogP contribution in [-0.2, 0) is 11.3 Å². The number of benzene rings is 1. The zero-order valence-electron chi connectivity index (χ0n) is 12.7. The lowest BCUT2D eigenvalue weighted by atomic mass is 10.2. The molecule has 21 heavy (non-hydrogen) atoms. The van der Waals surface area contributed by atoms with E-state index in [2.05, 4.69) is 22.5 Å². The third kappa shape index (κ3) is 7.20. The van der Waals surface area contributed by atoms with Crippen LogP contribution in [0.2, 0.25) is 0 Å². The van der Waals surface area contributed by atoms with Gasteiger partial charge in [0.15, 0.2) is 5.96 Å². The maximum atomic E-state index is 11.6. The molecule has 6 nitrogen and oxygen atoms in total. The van der Waals surface area contributed by atoms with Crippen molar-refractivity contribution in [3.05, 3.63) is 29.8 Å². The largest absolute Gasteiger partial charge is 0.497 e. The molecule has 0 radical (unpaired) electrons. The van der Waals surface area contributed by atoms with Crippen LogP contribution in [0, 0.1) is 0 Å². The number of nitrogens with zero attached hydrogens (tertiary/aromatic N) is 1. The maximum Gasteiger partial charge on any atom is 0.242 e. The van der Waals surface area contributed by atoms with Crippen LogP contribution in [0.5, 0.6) is 5.75 Å². The predicted octanol–water partition coefficient (Wildman–Crippen LogP) is 1.02. The highest BCUT2D eigenvalue weighted by molar-refractivity contribution is 5.83. The minimum absolute atomic E-state index is 0.0289. The summed E-state index contributed by atoms with van der Waals surface area (Å²) >= 11 is 0. The molecule has 0 aliphatic rings. The molecule has 1 rings (SSSR count). The summed E-state index contributed by atoms with van der Waals surface area (Å²) in [6.45, 7) is 3.36. The number of carbonyl (C=O) groups excluding carboxylic acids is 1.